The highest BCUT2D eigenvalue weighted by atomic mass is 32.1. The lowest BCUT2D eigenvalue weighted by molar-refractivity contribution is 1.03. The molecule has 0 aliphatic heterocycles. The van der Waals surface area contributed by atoms with Gasteiger partial charge in [-0.1, -0.05) is 18.2 Å². The Hall–Kier alpha value is -0.0800. The Kier molecular flexibility index (Phi) is 7.96. The Balaban J connectivity index is 3.49. The third-order valence-electron chi connectivity index (χ3n) is 1.19. The highest BCUT2D eigenvalue weighted by Crippen LogP contribution is 2.10. The number of rotatable bonds is 5. The van der Waals surface area contributed by atoms with Crippen molar-refractivity contribution in [2.75, 3.05) is 0 Å². The number of thiol groups is 2. The van der Waals surface area contributed by atoms with Gasteiger partial charge >= 0.3 is 0 Å². The molecule has 0 aromatic heterocycles. The molecule has 62 valence electrons. The van der Waals surface area contributed by atoms with Gasteiger partial charge in [-0.15, -0.1) is 19.2 Å². The second-order valence-electron chi connectivity index (χ2n) is 2.14. The minimum Gasteiger partial charge on any atom is -0.152 e. The van der Waals surface area contributed by atoms with Crippen LogP contribution in [0.4, 0.5) is 0 Å². The van der Waals surface area contributed by atoms with Crippen LogP contribution in [0, 0.1) is 0 Å². The molecule has 0 amide bonds. The van der Waals surface area contributed by atoms with Gasteiger partial charge in [-0.25, -0.2) is 0 Å². The van der Waals surface area contributed by atoms with E-state index in [2.05, 4.69) is 37.9 Å². The van der Waals surface area contributed by atoms with Crippen molar-refractivity contribution in [2.24, 2.45) is 0 Å². The summed E-state index contributed by atoms with van der Waals surface area (Å²) in [5.74, 6) is 0. The first-order valence-corrected chi connectivity index (χ1v) is 4.55. The summed E-state index contributed by atoms with van der Waals surface area (Å²) in [6, 6.07) is 0. The summed E-state index contributed by atoms with van der Waals surface area (Å²) in [6.07, 6.45) is 8.86. The fourth-order valence-electron chi connectivity index (χ4n) is 0.627. The molecule has 0 aromatic rings. The minimum absolute atomic E-state index is 0.906. The van der Waals surface area contributed by atoms with Crippen LogP contribution in [-0.2, 0) is 0 Å². The highest BCUT2D eigenvalue weighted by Gasteiger charge is 1.86. The largest absolute Gasteiger partial charge is 0.152 e. The molecule has 0 N–H and O–H groups in total. The zero-order valence-corrected chi connectivity index (χ0v) is 8.32. The second kappa shape index (κ2) is 8.02. The fraction of sp³-hybridized carbons (Fsp3) is 0.333. The molecule has 0 radical (unpaired) electrons. The Morgan fingerprint density at radius 1 is 1.45 bits per heavy atom. The van der Waals surface area contributed by atoms with E-state index in [4.69, 9.17) is 0 Å². The molecule has 0 bridgehead atoms. The van der Waals surface area contributed by atoms with Crippen molar-refractivity contribution >= 4 is 25.3 Å². The van der Waals surface area contributed by atoms with Crippen LogP contribution in [0.2, 0.25) is 0 Å². The molecule has 0 saturated heterocycles. The third kappa shape index (κ3) is 7.82. The number of hydrogen-bond donors (Lipinski definition) is 2. The van der Waals surface area contributed by atoms with E-state index >= 15 is 0 Å². The summed E-state index contributed by atoms with van der Waals surface area (Å²) in [4.78, 5) is 1.12. The molecule has 0 saturated carbocycles. The van der Waals surface area contributed by atoms with E-state index in [1.165, 1.54) is 0 Å². The van der Waals surface area contributed by atoms with Gasteiger partial charge in [-0.2, -0.15) is 12.6 Å². The minimum atomic E-state index is 0.906. The summed E-state index contributed by atoms with van der Waals surface area (Å²) >= 11 is 8.24. The van der Waals surface area contributed by atoms with Crippen molar-refractivity contribution in [1.82, 2.24) is 0 Å². The van der Waals surface area contributed by atoms with E-state index < -0.39 is 0 Å². The van der Waals surface area contributed by atoms with Crippen LogP contribution in [0.25, 0.3) is 0 Å². The van der Waals surface area contributed by atoms with Gasteiger partial charge in [-0.3, -0.25) is 0 Å². The van der Waals surface area contributed by atoms with Gasteiger partial charge in [0.05, 0.1) is 0 Å². The maximum absolute atomic E-state index is 4.29. The smallest absolute Gasteiger partial charge is 0.0161 e. The highest BCUT2D eigenvalue weighted by molar-refractivity contribution is 7.84. The third-order valence-corrected chi connectivity index (χ3v) is 1.81. The first-order valence-electron chi connectivity index (χ1n) is 3.59. The quantitative estimate of drug-likeness (QED) is 0.476. The van der Waals surface area contributed by atoms with Crippen LogP contribution in [0.5, 0.6) is 0 Å². The summed E-state index contributed by atoms with van der Waals surface area (Å²) in [5, 5.41) is 1.76. The van der Waals surface area contributed by atoms with Crippen LogP contribution in [0.3, 0.4) is 0 Å². The van der Waals surface area contributed by atoms with E-state index in [1.54, 1.807) is 5.41 Å². The zero-order chi connectivity index (χ0) is 8.53. The van der Waals surface area contributed by atoms with Gasteiger partial charge in [-0.05, 0) is 29.6 Å². The monoisotopic (exact) mass is 186 g/mol. The van der Waals surface area contributed by atoms with Crippen molar-refractivity contribution in [3.05, 3.63) is 35.1 Å². The molecule has 0 aliphatic rings. The zero-order valence-electron chi connectivity index (χ0n) is 6.53. The molecule has 0 nitrogen and oxygen atoms in total. The Bertz CT molecular complexity index is 157. The first kappa shape index (κ1) is 10.9. The molecule has 0 aromatic carbocycles. The van der Waals surface area contributed by atoms with Crippen molar-refractivity contribution in [3.63, 3.8) is 0 Å². The van der Waals surface area contributed by atoms with Crippen LogP contribution in [0.1, 0.15) is 19.3 Å². The molecule has 11 heavy (non-hydrogen) atoms. The van der Waals surface area contributed by atoms with Crippen molar-refractivity contribution in [1.29, 1.82) is 0 Å². The maximum atomic E-state index is 4.29. The standard InChI is InChI=1S/C9H14S2/c1-2-3-6-9(11)7-4-5-8-10/h2,5-6,8,10-11H,1,3-4,7H2. The van der Waals surface area contributed by atoms with E-state index in [1.807, 2.05) is 12.2 Å². The second-order valence-corrected chi connectivity index (χ2v) is 3.02. The van der Waals surface area contributed by atoms with Gasteiger partial charge in [0.1, 0.15) is 0 Å². The predicted molar refractivity (Wildman–Crippen MR) is 59.2 cm³/mol. The molecule has 0 fully saturated rings. The lowest BCUT2D eigenvalue weighted by atomic mass is 10.2. The molecule has 0 rings (SSSR count). The average Bonchev–Trinajstić information content (AvgIpc) is 2.01. The predicted octanol–water partition coefficient (Wildman–Crippen LogP) is 3.60. The van der Waals surface area contributed by atoms with Crippen molar-refractivity contribution in [3.8, 4) is 0 Å². The Morgan fingerprint density at radius 2 is 2.18 bits per heavy atom. The summed E-state index contributed by atoms with van der Waals surface area (Å²) in [5.41, 5.74) is 0. The van der Waals surface area contributed by atoms with Crippen LogP contribution < -0.4 is 0 Å². The lowest BCUT2D eigenvalue weighted by Crippen LogP contribution is -1.71. The Labute approximate surface area is 79.9 Å². The van der Waals surface area contributed by atoms with E-state index in [9.17, 15) is 0 Å². The van der Waals surface area contributed by atoms with Gasteiger partial charge in [0, 0.05) is 0 Å². The Morgan fingerprint density at radius 3 is 2.73 bits per heavy atom. The van der Waals surface area contributed by atoms with Gasteiger partial charge < -0.3 is 0 Å². The summed E-state index contributed by atoms with van der Waals surface area (Å²) in [7, 11) is 0. The molecular weight excluding hydrogens is 172 g/mol. The van der Waals surface area contributed by atoms with Gasteiger partial charge in [0.25, 0.3) is 0 Å². The normalized spacial score (nSPS) is 12.4. The number of hydrogen-bond acceptors (Lipinski definition) is 2. The van der Waals surface area contributed by atoms with E-state index in [0.29, 0.717) is 0 Å². The average molecular weight is 186 g/mol. The molecule has 0 heterocycles. The first-order chi connectivity index (χ1) is 5.31. The summed E-state index contributed by atoms with van der Waals surface area (Å²) in [6.45, 7) is 3.62. The lowest BCUT2D eigenvalue weighted by Gasteiger charge is -1.94. The van der Waals surface area contributed by atoms with E-state index in [0.717, 1.165) is 24.2 Å². The maximum Gasteiger partial charge on any atom is -0.0161 e. The van der Waals surface area contributed by atoms with Crippen molar-refractivity contribution in [2.45, 2.75) is 19.3 Å². The molecular formula is C9H14S2. The number of allylic oxidation sites excluding steroid dienone is 4. The molecule has 0 aliphatic carbocycles. The topological polar surface area (TPSA) is 0 Å². The van der Waals surface area contributed by atoms with Crippen LogP contribution >= 0.6 is 25.3 Å². The van der Waals surface area contributed by atoms with Gasteiger partial charge in [0.15, 0.2) is 0 Å². The summed E-state index contributed by atoms with van der Waals surface area (Å²) < 4.78 is 0. The fourth-order valence-corrected chi connectivity index (χ4v) is 1.01. The van der Waals surface area contributed by atoms with Crippen molar-refractivity contribution < 1.29 is 0 Å². The molecule has 0 atom stereocenters. The van der Waals surface area contributed by atoms with E-state index in [-0.39, 0.29) is 0 Å². The molecule has 0 unspecified atom stereocenters. The SMILES string of the molecule is C=CCC=C(S)CCC=CS. The molecule has 2 heteroatoms. The van der Waals surface area contributed by atoms with Crippen LogP contribution in [-0.4, -0.2) is 0 Å². The van der Waals surface area contributed by atoms with Crippen LogP contribution in [0.15, 0.2) is 35.1 Å². The molecule has 0 spiro atoms. The van der Waals surface area contributed by atoms with Gasteiger partial charge in [0.2, 0.25) is 0 Å².